The molecule has 3 aromatic carbocycles. The molecular formula is C25H22N2O4. The Labute approximate surface area is 180 Å². The van der Waals surface area contributed by atoms with Crippen LogP contribution in [-0.2, 0) is 9.59 Å². The highest BCUT2D eigenvalue weighted by Gasteiger charge is 2.41. The van der Waals surface area contributed by atoms with Crippen LogP contribution in [0.5, 0.6) is 11.5 Å². The van der Waals surface area contributed by atoms with E-state index in [2.05, 4.69) is 5.32 Å². The summed E-state index contributed by atoms with van der Waals surface area (Å²) < 4.78 is 10.9. The highest BCUT2D eigenvalue weighted by atomic mass is 16.5. The maximum absolute atomic E-state index is 13.5. The lowest BCUT2D eigenvalue weighted by molar-refractivity contribution is -0.120. The van der Waals surface area contributed by atoms with E-state index in [1.165, 1.54) is 4.90 Å². The Hall–Kier alpha value is -4.06. The molecule has 156 valence electrons. The van der Waals surface area contributed by atoms with E-state index in [1.807, 2.05) is 43.3 Å². The Morgan fingerprint density at radius 2 is 1.52 bits per heavy atom. The van der Waals surface area contributed by atoms with Gasteiger partial charge in [-0.05, 0) is 48.9 Å². The average Bonchev–Trinajstić information content (AvgIpc) is 3.05. The van der Waals surface area contributed by atoms with Gasteiger partial charge in [0.1, 0.15) is 17.2 Å². The van der Waals surface area contributed by atoms with Crippen molar-refractivity contribution in [2.45, 2.75) is 6.92 Å². The number of carbonyl (C=O) groups excluding carboxylic acids is 2. The molecule has 0 aromatic heterocycles. The molecule has 0 unspecified atom stereocenters. The summed E-state index contributed by atoms with van der Waals surface area (Å²) in [6.45, 7) is 2.28. The van der Waals surface area contributed by atoms with Crippen LogP contribution in [0.25, 0.3) is 5.57 Å². The second kappa shape index (κ2) is 8.75. The third kappa shape index (κ3) is 3.88. The molecule has 2 amide bonds. The molecule has 3 aromatic rings. The number of hydrogen-bond acceptors (Lipinski definition) is 5. The topological polar surface area (TPSA) is 67.9 Å². The van der Waals surface area contributed by atoms with Crippen molar-refractivity contribution >= 4 is 28.8 Å². The van der Waals surface area contributed by atoms with Gasteiger partial charge in [-0.2, -0.15) is 0 Å². The standard InChI is InChI=1S/C25H22N2O4/c1-3-31-21-12-8-7-11-20(21)27-24(28)22(17-9-5-4-6-10-17)23(25(27)29)26-18-13-15-19(30-2)16-14-18/h4-16,26H,3H2,1-2H3. The first-order chi connectivity index (χ1) is 15.1. The Bertz CT molecular complexity index is 1140. The van der Waals surface area contributed by atoms with Gasteiger partial charge in [0.25, 0.3) is 11.8 Å². The number of imide groups is 1. The Kier molecular flexibility index (Phi) is 5.71. The maximum Gasteiger partial charge on any atom is 0.282 e. The first kappa shape index (κ1) is 20.2. The molecular weight excluding hydrogens is 392 g/mol. The number of para-hydroxylation sites is 2. The number of nitrogens with one attached hydrogen (secondary N) is 1. The summed E-state index contributed by atoms with van der Waals surface area (Å²) in [6.07, 6.45) is 0. The number of hydrogen-bond donors (Lipinski definition) is 1. The van der Waals surface area contributed by atoms with E-state index in [0.29, 0.717) is 40.6 Å². The van der Waals surface area contributed by atoms with Crippen molar-refractivity contribution in [3.05, 3.63) is 90.1 Å². The molecule has 0 saturated heterocycles. The van der Waals surface area contributed by atoms with Crippen LogP contribution in [0.15, 0.2) is 84.6 Å². The number of ether oxygens (including phenoxy) is 2. The number of carbonyl (C=O) groups is 2. The number of anilines is 2. The fourth-order valence-corrected chi connectivity index (χ4v) is 3.48. The normalized spacial score (nSPS) is 13.5. The molecule has 0 saturated carbocycles. The van der Waals surface area contributed by atoms with Crippen molar-refractivity contribution in [2.75, 3.05) is 23.9 Å². The van der Waals surface area contributed by atoms with Crippen molar-refractivity contribution in [1.82, 2.24) is 0 Å². The minimum Gasteiger partial charge on any atom is -0.497 e. The predicted octanol–water partition coefficient (Wildman–Crippen LogP) is 4.49. The molecule has 1 N–H and O–H groups in total. The van der Waals surface area contributed by atoms with Gasteiger partial charge in [-0.1, -0.05) is 42.5 Å². The van der Waals surface area contributed by atoms with Crippen LogP contribution in [0.4, 0.5) is 11.4 Å². The number of amides is 2. The van der Waals surface area contributed by atoms with Gasteiger partial charge in [-0.3, -0.25) is 9.59 Å². The summed E-state index contributed by atoms with van der Waals surface area (Å²) in [5, 5.41) is 3.14. The lowest BCUT2D eigenvalue weighted by atomic mass is 10.0. The summed E-state index contributed by atoms with van der Waals surface area (Å²) in [6, 6.07) is 23.4. The second-order valence-corrected chi connectivity index (χ2v) is 6.82. The molecule has 0 bridgehead atoms. The summed E-state index contributed by atoms with van der Waals surface area (Å²) in [7, 11) is 1.59. The van der Waals surface area contributed by atoms with Gasteiger partial charge in [-0.15, -0.1) is 0 Å². The Balaban J connectivity index is 1.79. The first-order valence-corrected chi connectivity index (χ1v) is 9.95. The molecule has 1 aliphatic heterocycles. The maximum atomic E-state index is 13.5. The molecule has 0 atom stereocenters. The minimum absolute atomic E-state index is 0.215. The fraction of sp³-hybridized carbons (Fsp3) is 0.120. The molecule has 4 rings (SSSR count). The SMILES string of the molecule is CCOc1ccccc1N1C(=O)C(Nc2ccc(OC)cc2)=C(c2ccccc2)C1=O. The number of nitrogens with zero attached hydrogens (tertiary/aromatic N) is 1. The van der Waals surface area contributed by atoms with Crippen molar-refractivity contribution < 1.29 is 19.1 Å². The van der Waals surface area contributed by atoms with E-state index in [9.17, 15) is 9.59 Å². The van der Waals surface area contributed by atoms with Gasteiger partial charge < -0.3 is 14.8 Å². The van der Waals surface area contributed by atoms with Crippen molar-refractivity contribution in [1.29, 1.82) is 0 Å². The highest BCUT2D eigenvalue weighted by molar-refractivity contribution is 6.46. The van der Waals surface area contributed by atoms with Gasteiger partial charge in [0, 0.05) is 5.69 Å². The smallest absolute Gasteiger partial charge is 0.282 e. The molecule has 1 heterocycles. The van der Waals surface area contributed by atoms with Crippen molar-refractivity contribution in [3.8, 4) is 11.5 Å². The summed E-state index contributed by atoms with van der Waals surface area (Å²) in [4.78, 5) is 28.2. The monoisotopic (exact) mass is 414 g/mol. The van der Waals surface area contributed by atoms with E-state index in [4.69, 9.17) is 9.47 Å². The minimum atomic E-state index is -0.438. The largest absolute Gasteiger partial charge is 0.497 e. The van der Waals surface area contributed by atoms with Crippen LogP contribution in [0.3, 0.4) is 0 Å². The molecule has 0 fully saturated rings. The molecule has 6 heteroatoms. The molecule has 0 aliphatic carbocycles. The highest BCUT2D eigenvalue weighted by Crippen LogP contribution is 2.37. The quantitative estimate of drug-likeness (QED) is 0.577. The van der Waals surface area contributed by atoms with E-state index in [1.54, 1.807) is 49.6 Å². The van der Waals surface area contributed by atoms with Crippen LogP contribution in [0.1, 0.15) is 12.5 Å². The first-order valence-electron chi connectivity index (χ1n) is 9.95. The Morgan fingerprint density at radius 1 is 0.839 bits per heavy atom. The zero-order valence-corrected chi connectivity index (χ0v) is 17.3. The molecule has 31 heavy (non-hydrogen) atoms. The predicted molar refractivity (Wildman–Crippen MR) is 120 cm³/mol. The second-order valence-electron chi connectivity index (χ2n) is 6.82. The third-order valence-corrected chi connectivity index (χ3v) is 4.91. The lowest BCUT2D eigenvalue weighted by Crippen LogP contribution is -2.32. The molecule has 0 radical (unpaired) electrons. The number of rotatable bonds is 7. The summed E-state index contributed by atoms with van der Waals surface area (Å²) in [5.74, 6) is 0.333. The van der Waals surface area contributed by atoms with Gasteiger partial charge in [0.15, 0.2) is 0 Å². The lowest BCUT2D eigenvalue weighted by Gasteiger charge is -2.19. The van der Waals surface area contributed by atoms with Crippen LogP contribution in [0, 0.1) is 0 Å². The average molecular weight is 414 g/mol. The summed E-state index contributed by atoms with van der Waals surface area (Å²) >= 11 is 0. The van der Waals surface area contributed by atoms with E-state index < -0.39 is 11.8 Å². The van der Waals surface area contributed by atoms with E-state index in [-0.39, 0.29) is 5.70 Å². The van der Waals surface area contributed by atoms with Crippen LogP contribution in [0.2, 0.25) is 0 Å². The van der Waals surface area contributed by atoms with Crippen molar-refractivity contribution in [2.24, 2.45) is 0 Å². The van der Waals surface area contributed by atoms with Gasteiger partial charge >= 0.3 is 0 Å². The third-order valence-electron chi connectivity index (χ3n) is 4.91. The van der Waals surface area contributed by atoms with Crippen LogP contribution < -0.4 is 19.7 Å². The van der Waals surface area contributed by atoms with Crippen LogP contribution in [-0.4, -0.2) is 25.5 Å². The van der Waals surface area contributed by atoms with Gasteiger partial charge in [0.2, 0.25) is 0 Å². The zero-order valence-electron chi connectivity index (χ0n) is 17.3. The zero-order chi connectivity index (χ0) is 21.8. The Morgan fingerprint density at radius 3 is 2.19 bits per heavy atom. The molecule has 0 spiro atoms. The molecule has 1 aliphatic rings. The van der Waals surface area contributed by atoms with E-state index >= 15 is 0 Å². The van der Waals surface area contributed by atoms with Crippen molar-refractivity contribution in [3.63, 3.8) is 0 Å². The fourth-order valence-electron chi connectivity index (χ4n) is 3.48. The van der Waals surface area contributed by atoms with E-state index in [0.717, 1.165) is 0 Å². The molecule has 6 nitrogen and oxygen atoms in total. The number of benzene rings is 3. The number of methoxy groups -OCH3 is 1. The summed E-state index contributed by atoms with van der Waals surface area (Å²) in [5.41, 5.74) is 2.28. The van der Waals surface area contributed by atoms with Gasteiger partial charge in [0.05, 0.1) is 25.0 Å². The van der Waals surface area contributed by atoms with Gasteiger partial charge in [-0.25, -0.2) is 4.90 Å². The van der Waals surface area contributed by atoms with Crippen LogP contribution >= 0.6 is 0 Å².